The molecule has 12 atom stereocenters. The number of hydrogen-bond donors (Lipinski definition) is 4. The largest absolute Gasteiger partial charge is 0.466 e. The molecule has 4 N–H and O–H groups in total. The van der Waals surface area contributed by atoms with Crippen molar-refractivity contribution >= 4 is 17.9 Å². The fourth-order valence-electron chi connectivity index (χ4n) is 7.70. The smallest absolute Gasteiger partial charge is 0.340 e. The Morgan fingerprint density at radius 1 is 1.10 bits per heavy atom. The van der Waals surface area contributed by atoms with E-state index >= 15 is 0 Å². The number of carbonyl (C=O) groups excluding carboxylic acids is 3. The fourth-order valence-corrected chi connectivity index (χ4v) is 7.70. The minimum atomic E-state index is -1.67. The van der Waals surface area contributed by atoms with E-state index in [1.54, 1.807) is 6.08 Å². The van der Waals surface area contributed by atoms with Crippen molar-refractivity contribution in [1.29, 1.82) is 0 Å². The molecule has 228 valence electrons. The summed E-state index contributed by atoms with van der Waals surface area (Å²) in [5.74, 6) is -2.80. The van der Waals surface area contributed by atoms with E-state index < -0.39 is 90.5 Å². The molecule has 0 bridgehead atoms. The molecule has 3 aliphatic heterocycles. The van der Waals surface area contributed by atoms with Gasteiger partial charge in [-0.2, -0.15) is 0 Å². The van der Waals surface area contributed by atoms with Gasteiger partial charge < -0.3 is 48.8 Å². The summed E-state index contributed by atoms with van der Waals surface area (Å²) in [6.45, 7) is 3.15. The number of ether oxygens (including phenoxy) is 6. The van der Waals surface area contributed by atoms with Crippen LogP contribution in [0.25, 0.3) is 0 Å². The topological polar surface area (TPSA) is 188 Å². The molecule has 13 nitrogen and oxygen atoms in total. The van der Waals surface area contributed by atoms with Gasteiger partial charge in [-0.25, -0.2) is 9.59 Å². The number of allylic oxidation sites excluding steroid dienone is 1. The highest BCUT2D eigenvalue weighted by Gasteiger charge is 2.66. The van der Waals surface area contributed by atoms with Crippen LogP contribution in [0.15, 0.2) is 23.3 Å². The molecule has 41 heavy (non-hydrogen) atoms. The summed E-state index contributed by atoms with van der Waals surface area (Å²) in [5, 5.41) is 40.9. The number of carbonyl (C=O) groups is 3. The second-order valence-corrected chi connectivity index (χ2v) is 11.9. The third-order valence-electron chi connectivity index (χ3n) is 9.89. The Bertz CT molecular complexity index is 1130. The molecule has 0 aromatic rings. The zero-order valence-corrected chi connectivity index (χ0v) is 23.4. The molecule has 0 unspecified atom stereocenters. The van der Waals surface area contributed by atoms with Gasteiger partial charge in [-0.3, -0.25) is 4.79 Å². The molecule has 3 fully saturated rings. The maximum atomic E-state index is 13.6. The number of aliphatic hydroxyl groups excluding tert-OH is 4. The average molecular weight is 583 g/mol. The first-order chi connectivity index (χ1) is 19.4. The Morgan fingerprint density at radius 3 is 2.46 bits per heavy atom. The number of methoxy groups -OCH3 is 2. The monoisotopic (exact) mass is 582 g/mol. The van der Waals surface area contributed by atoms with Gasteiger partial charge in [-0.1, -0.05) is 19.9 Å². The predicted molar refractivity (Wildman–Crippen MR) is 135 cm³/mol. The van der Waals surface area contributed by atoms with E-state index in [9.17, 15) is 34.8 Å². The molecule has 0 spiro atoms. The van der Waals surface area contributed by atoms with Gasteiger partial charge in [0, 0.05) is 18.1 Å². The highest BCUT2D eigenvalue weighted by molar-refractivity contribution is 5.93. The maximum absolute atomic E-state index is 13.6. The number of rotatable bonds is 6. The van der Waals surface area contributed by atoms with E-state index in [0.717, 1.165) is 0 Å². The Hall–Kier alpha value is -2.39. The molecule has 1 saturated carbocycles. The molecule has 5 aliphatic rings. The van der Waals surface area contributed by atoms with Crippen molar-refractivity contribution in [3.63, 3.8) is 0 Å². The Balaban J connectivity index is 1.53. The number of cyclic esters (lactones) is 2. The number of fused-ring (bicyclic) bond motifs is 3. The summed E-state index contributed by atoms with van der Waals surface area (Å²) in [6.07, 6.45) is -5.54. The lowest BCUT2D eigenvalue weighted by molar-refractivity contribution is -0.328. The first kappa shape index (κ1) is 30.1. The van der Waals surface area contributed by atoms with E-state index in [-0.39, 0.29) is 24.3 Å². The van der Waals surface area contributed by atoms with Crippen LogP contribution >= 0.6 is 0 Å². The van der Waals surface area contributed by atoms with Crippen LogP contribution in [0.3, 0.4) is 0 Å². The average Bonchev–Trinajstić information content (AvgIpc) is 3.33. The molecule has 2 saturated heterocycles. The van der Waals surface area contributed by atoms with Gasteiger partial charge in [0.15, 0.2) is 6.29 Å². The SMILES string of the molecule is COC(=O)C1=CCC[C@H]2[C@]3(C)C[C@@H](C4=C[C@@H](OC)OC4=O)OC(=O)[C@@H]3C[C@@H](O[C@@H]3O[C@H](CO)[C@@H](O)[C@H](O)[C@H]3O)[C@@]12C. The van der Waals surface area contributed by atoms with E-state index in [0.29, 0.717) is 18.4 Å². The Kier molecular flexibility index (Phi) is 8.09. The van der Waals surface area contributed by atoms with Crippen LogP contribution in [0.2, 0.25) is 0 Å². The second-order valence-electron chi connectivity index (χ2n) is 11.9. The van der Waals surface area contributed by atoms with Crippen LogP contribution in [-0.4, -0.2) is 108 Å². The van der Waals surface area contributed by atoms with Crippen molar-refractivity contribution < 1.29 is 63.2 Å². The highest BCUT2D eigenvalue weighted by atomic mass is 16.7. The third-order valence-corrected chi connectivity index (χ3v) is 9.89. The minimum Gasteiger partial charge on any atom is -0.466 e. The van der Waals surface area contributed by atoms with Crippen LogP contribution in [0.5, 0.6) is 0 Å². The van der Waals surface area contributed by atoms with Crippen molar-refractivity contribution in [3.8, 4) is 0 Å². The van der Waals surface area contributed by atoms with E-state index in [2.05, 4.69) is 0 Å². The van der Waals surface area contributed by atoms with Crippen molar-refractivity contribution in [3.05, 3.63) is 23.3 Å². The third kappa shape index (κ3) is 4.71. The molecule has 3 heterocycles. The fraction of sp³-hybridized carbons (Fsp3) is 0.750. The number of hydrogen-bond acceptors (Lipinski definition) is 13. The maximum Gasteiger partial charge on any atom is 0.340 e. The van der Waals surface area contributed by atoms with Crippen LogP contribution in [0.1, 0.15) is 39.5 Å². The molecular weight excluding hydrogens is 544 g/mol. The standard InChI is InChI=1S/C28H38O13/c1-27-10-15(12-8-19(36-3)41-23(12)33)38-25(35)14(27)9-18(28(2)13(24(34)37-4)6-5-7-17(27)28)40-26-22(32)21(31)20(30)16(11-29)39-26/h6,8,14-22,26,29-32H,5,7,9-11H2,1-4H3/t14-,15-,16+,17-,18+,19-,20+,21-,22+,26-,27+,28-/m0/s1. The Morgan fingerprint density at radius 2 is 1.83 bits per heavy atom. The summed E-state index contributed by atoms with van der Waals surface area (Å²) in [6, 6.07) is 0. The predicted octanol–water partition coefficient (Wildman–Crippen LogP) is -0.515. The van der Waals surface area contributed by atoms with Crippen LogP contribution in [-0.2, 0) is 42.8 Å². The second kappa shape index (κ2) is 11.0. The summed E-state index contributed by atoms with van der Waals surface area (Å²) < 4.78 is 33.2. The van der Waals surface area contributed by atoms with Gasteiger partial charge >= 0.3 is 17.9 Å². The van der Waals surface area contributed by atoms with E-state index in [1.165, 1.54) is 20.3 Å². The van der Waals surface area contributed by atoms with Crippen LogP contribution < -0.4 is 0 Å². The first-order valence-corrected chi connectivity index (χ1v) is 13.8. The molecule has 2 aliphatic carbocycles. The number of aliphatic hydroxyl groups is 4. The van der Waals surface area contributed by atoms with Gasteiger partial charge in [-0.15, -0.1) is 0 Å². The number of esters is 3. The zero-order chi connectivity index (χ0) is 29.9. The lowest BCUT2D eigenvalue weighted by atomic mass is 9.44. The van der Waals surface area contributed by atoms with Crippen LogP contribution in [0, 0.1) is 22.7 Å². The molecule has 13 heteroatoms. The Labute approximate surface area is 237 Å². The summed E-state index contributed by atoms with van der Waals surface area (Å²) in [7, 11) is 2.67. The quantitative estimate of drug-likeness (QED) is 0.232. The van der Waals surface area contributed by atoms with Gasteiger partial charge in [-0.05, 0) is 43.1 Å². The van der Waals surface area contributed by atoms with Gasteiger partial charge in [0.25, 0.3) is 0 Å². The van der Waals surface area contributed by atoms with E-state index in [1.807, 2.05) is 13.8 Å². The summed E-state index contributed by atoms with van der Waals surface area (Å²) in [5.41, 5.74) is -1.27. The molecular formula is C28H38O13. The van der Waals surface area contributed by atoms with Gasteiger partial charge in [0.05, 0.1) is 31.3 Å². The van der Waals surface area contributed by atoms with Crippen molar-refractivity contribution in [2.24, 2.45) is 22.7 Å². The molecule has 0 aromatic carbocycles. The summed E-state index contributed by atoms with van der Waals surface area (Å²) >= 11 is 0. The van der Waals surface area contributed by atoms with Crippen molar-refractivity contribution in [2.75, 3.05) is 20.8 Å². The lowest BCUT2D eigenvalue weighted by Gasteiger charge is -2.62. The molecule has 0 radical (unpaired) electrons. The summed E-state index contributed by atoms with van der Waals surface area (Å²) in [4.78, 5) is 39.4. The van der Waals surface area contributed by atoms with Crippen LogP contribution in [0.4, 0.5) is 0 Å². The molecule has 0 amide bonds. The zero-order valence-electron chi connectivity index (χ0n) is 23.4. The normalized spacial score (nSPS) is 46.0. The molecule has 5 rings (SSSR count). The molecule has 0 aromatic heterocycles. The van der Waals surface area contributed by atoms with Crippen molar-refractivity contribution in [2.45, 2.75) is 88.7 Å². The van der Waals surface area contributed by atoms with Gasteiger partial charge in [0.2, 0.25) is 6.29 Å². The van der Waals surface area contributed by atoms with Gasteiger partial charge in [0.1, 0.15) is 30.5 Å². The van der Waals surface area contributed by atoms with Crippen molar-refractivity contribution in [1.82, 2.24) is 0 Å². The highest BCUT2D eigenvalue weighted by Crippen LogP contribution is 2.65. The van der Waals surface area contributed by atoms with E-state index in [4.69, 9.17) is 28.4 Å². The lowest BCUT2D eigenvalue weighted by Crippen LogP contribution is -2.65. The minimum absolute atomic E-state index is 0.0581. The first-order valence-electron chi connectivity index (χ1n) is 13.8.